The lowest BCUT2D eigenvalue weighted by atomic mass is 9.88. The van der Waals surface area contributed by atoms with Crippen LogP contribution in [0.5, 0.6) is 0 Å². The molecule has 1 rings (SSSR count). The Morgan fingerprint density at radius 3 is 2.28 bits per heavy atom. The first-order valence-electron chi connectivity index (χ1n) is 11.0. The van der Waals surface area contributed by atoms with Crippen LogP contribution in [0.25, 0.3) is 0 Å². The Balaban J connectivity index is 2.50. The molecule has 0 aromatic heterocycles. The first-order chi connectivity index (χ1) is 13.7. The van der Waals surface area contributed by atoms with Crippen molar-refractivity contribution in [3.63, 3.8) is 0 Å². The standard InChI is InChI=1S/C25H42ClN3/c1-18(2)16-21(20(4)26)13-9-7-11-15-23-22(24(28)17-25(23)29)14-10-6-5-8-12-19(3)27/h6,10-11,15-16,22-25H,3,5,7-9,12-14,17,27-29H2,1-2,4H3/b10-6-,15-11+,21-20+/t22-,23?,24+,25-/m1/s1. The van der Waals surface area contributed by atoms with Crippen molar-refractivity contribution in [2.75, 3.05) is 0 Å². The van der Waals surface area contributed by atoms with E-state index in [4.69, 9.17) is 28.8 Å². The van der Waals surface area contributed by atoms with Crippen LogP contribution < -0.4 is 17.2 Å². The number of halogens is 1. The summed E-state index contributed by atoms with van der Waals surface area (Å²) in [6, 6.07) is 0.339. The van der Waals surface area contributed by atoms with Gasteiger partial charge in [-0.15, -0.1) is 0 Å². The van der Waals surface area contributed by atoms with Gasteiger partial charge in [0.05, 0.1) is 0 Å². The summed E-state index contributed by atoms with van der Waals surface area (Å²) in [7, 11) is 0. The molecule has 0 aromatic rings. The molecule has 0 saturated heterocycles. The van der Waals surface area contributed by atoms with E-state index in [1.165, 1.54) is 11.1 Å². The van der Waals surface area contributed by atoms with Gasteiger partial charge >= 0.3 is 0 Å². The van der Waals surface area contributed by atoms with E-state index < -0.39 is 0 Å². The molecule has 0 heterocycles. The predicted octanol–water partition coefficient (Wildman–Crippen LogP) is 6.07. The summed E-state index contributed by atoms with van der Waals surface area (Å²) >= 11 is 6.22. The Morgan fingerprint density at radius 1 is 1.00 bits per heavy atom. The largest absolute Gasteiger partial charge is 0.403 e. The highest BCUT2D eigenvalue weighted by Gasteiger charge is 2.37. The van der Waals surface area contributed by atoms with Crippen molar-refractivity contribution in [2.45, 2.75) is 84.2 Å². The zero-order chi connectivity index (χ0) is 21.8. The van der Waals surface area contributed by atoms with Gasteiger partial charge < -0.3 is 17.2 Å². The van der Waals surface area contributed by atoms with Crippen LogP contribution in [0.15, 0.2) is 58.8 Å². The van der Waals surface area contributed by atoms with Gasteiger partial charge in [-0.05, 0) is 89.5 Å². The van der Waals surface area contributed by atoms with Crippen LogP contribution >= 0.6 is 11.6 Å². The molecule has 4 heteroatoms. The summed E-state index contributed by atoms with van der Waals surface area (Å²) in [6.45, 7) is 9.92. The molecule has 6 N–H and O–H groups in total. The molecule has 29 heavy (non-hydrogen) atoms. The molecule has 1 saturated carbocycles. The van der Waals surface area contributed by atoms with Crippen molar-refractivity contribution in [3.05, 3.63) is 58.8 Å². The Kier molecular flexibility index (Phi) is 12.3. The second-order valence-electron chi connectivity index (χ2n) is 8.66. The lowest BCUT2D eigenvalue weighted by Gasteiger charge is -2.20. The molecule has 1 unspecified atom stereocenters. The minimum absolute atomic E-state index is 0.159. The Bertz CT molecular complexity index is 622. The minimum atomic E-state index is 0.159. The zero-order valence-electron chi connectivity index (χ0n) is 18.7. The number of nitrogens with two attached hydrogens (primary N) is 3. The molecule has 1 aliphatic rings. The molecular formula is C25H42ClN3. The van der Waals surface area contributed by atoms with Crippen molar-refractivity contribution in [1.29, 1.82) is 0 Å². The van der Waals surface area contributed by atoms with Crippen molar-refractivity contribution in [2.24, 2.45) is 29.0 Å². The maximum absolute atomic E-state index is 6.39. The van der Waals surface area contributed by atoms with E-state index in [2.05, 4.69) is 50.8 Å². The molecular weight excluding hydrogens is 378 g/mol. The molecule has 3 nitrogen and oxygen atoms in total. The van der Waals surface area contributed by atoms with Gasteiger partial charge in [0.1, 0.15) is 0 Å². The molecule has 0 radical (unpaired) electrons. The van der Waals surface area contributed by atoms with Crippen LogP contribution in [0, 0.1) is 11.8 Å². The fraction of sp³-hybridized carbons (Fsp3) is 0.600. The van der Waals surface area contributed by atoms with Crippen LogP contribution in [0.1, 0.15) is 72.1 Å². The molecule has 1 aliphatic carbocycles. The lowest BCUT2D eigenvalue weighted by molar-refractivity contribution is 0.407. The smallest absolute Gasteiger partial charge is 0.0181 e. The molecule has 4 atom stereocenters. The van der Waals surface area contributed by atoms with Gasteiger partial charge in [0, 0.05) is 22.8 Å². The summed E-state index contributed by atoms with van der Waals surface area (Å²) in [5.41, 5.74) is 21.7. The molecule has 0 aliphatic heterocycles. The normalized spacial score (nSPS) is 25.6. The molecule has 1 fully saturated rings. The monoisotopic (exact) mass is 419 g/mol. The van der Waals surface area contributed by atoms with Crippen LogP contribution in [-0.2, 0) is 0 Å². The van der Waals surface area contributed by atoms with Crippen LogP contribution in [0.3, 0.4) is 0 Å². The number of unbranched alkanes of at least 4 members (excludes halogenated alkanes) is 2. The third-order valence-electron chi connectivity index (χ3n) is 5.61. The molecule has 0 spiro atoms. The highest BCUT2D eigenvalue weighted by molar-refractivity contribution is 6.29. The van der Waals surface area contributed by atoms with Crippen LogP contribution in [-0.4, -0.2) is 12.1 Å². The number of rotatable bonds is 12. The molecule has 0 aromatic carbocycles. The van der Waals surface area contributed by atoms with Crippen molar-refractivity contribution in [1.82, 2.24) is 0 Å². The van der Waals surface area contributed by atoms with E-state index in [9.17, 15) is 0 Å². The summed E-state index contributed by atoms with van der Waals surface area (Å²) < 4.78 is 0. The maximum atomic E-state index is 6.39. The average Bonchev–Trinajstić information content (AvgIpc) is 2.89. The predicted molar refractivity (Wildman–Crippen MR) is 129 cm³/mol. The zero-order valence-corrected chi connectivity index (χ0v) is 19.4. The van der Waals surface area contributed by atoms with Gasteiger partial charge in [0.2, 0.25) is 0 Å². The lowest BCUT2D eigenvalue weighted by Crippen LogP contribution is -2.27. The van der Waals surface area contributed by atoms with Crippen molar-refractivity contribution >= 4 is 11.6 Å². The Morgan fingerprint density at radius 2 is 1.66 bits per heavy atom. The Labute approximate surface area is 183 Å². The second kappa shape index (κ2) is 13.8. The molecule has 164 valence electrons. The summed E-state index contributed by atoms with van der Waals surface area (Å²) in [4.78, 5) is 0. The number of hydrogen-bond acceptors (Lipinski definition) is 3. The SMILES string of the molecule is C=C(N)CCC/C=C\C[C@@H]1C(/C=C/CCC/C(C=C(C)C)=C(/C)Cl)[C@H](N)C[C@@H]1N. The minimum Gasteiger partial charge on any atom is -0.403 e. The van der Waals surface area contributed by atoms with Crippen LogP contribution in [0.2, 0.25) is 0 Å². The first kappa shape index (κ1) is 25.7. The quantitative estimate of drug-likeness (QED) is 0.204. The highest BCUT2D eigenvalue weighted by Crippen LogP contribution is 2.34. The second-order valence-corrected chi connectivity index (χ2v) is 9.23. The first-order valence-corrected chi connectivity index (χ1v) is 11.4. The van der Waals surface area contributed by atoms with Crippen molar-refractivity contribution < 1.29 is 0 Å². The summed E-state index contributed by atoms with van der Waals surface area (Å²) in [6.07, 6.45) is 19.3. The Hall–Kier alpha value is -1.29. The molecule has 0 amide bonds. The topological polar surface area (TPSA) is 78.1 Å². The van der Waals surface area contributed by atoms with E-state index in [0.717, 1.165) is 62.1 Å². The van der Waals surface area contributed by atoms with E-state index in [0.29, 0.717) is 11.8 Å². The van der Waals surface area contributed by atoms with Gasteiger partial charge in [-0.3, -0.25) is 0 Å². The maximum Gasteiger partial charge on any atom is 0.0181 e. The number of hydrogen-bond donors (Lipinski definition) is 3. The van der Waals surface area contributed by atoms with E-state index >= 15 is 0 Å². The van der Waals surface area contributed by atoms with Gasteiger partial charge in [-0.2, -0.15) is 0 Å². The highest BCUT2D eigenvalue weighted by atomic mass is 35.5. The van der Waals surface area contributed by atoms with Gasteiger partial charge in [0.15, 0.2) is 0 Å². The van der Waals surface area contributed by atoms with E-state index in [-0.39, 0.29) is 12.1 Å². The summed E-state index contributed by atoms with van der Waals surface area (Å²) in [5.74, 6) is 0.786. The van der Waals surface area contributed by atoms with Crippen LogP contribution in [0.4, 0.5) is 0 Å². The van der Waals surface area contributed by atoms with Gasteiger partial charge in [-0.25, -0.2) is 0 Å². The third kappa shape index (κ3) is 10.3. The summed E-state index contributed by atoms with van der Waals surface area (Å²) in [5, 5.41) is 0.890. The average molecular weight is 420 g/mol. The number of allylic oxidation sites excluding steroid dienone is 8. The van der Waals surface area contributed by atoms with E-state index in [1.807, 2.05) is 6.92 Å². The third-order valence-corrected chi connectivity index (χ3v) is 5.85. The van der Waals surface area contributed by atoms with Gasteiger partial charge in [-0.1, -0.05) is 54.1 Å². The molecule has 0 bridgehead atoms. The van der Waals surface area contributed by atoms with Crippen molar-refractivity contribution in [3.8, 4) is 0 Å². The fourth-order valence-electron chi connectivity index (χ4n) is 4.04. The fourth-order valence-corrected chi connectivity index (χ4v) is 4.19. The van der Waals surface area contributed by atoms with E-state index in [1.54, 1.807) is 0 Å². The van der Waals surface area contributed by atoms with Gasteiger partial charge in [0.25, 0.3) is 0 Å².